The first kappa shape index (κ1) is 17.2. The van der Waals surface area contributed by atoms with Crippen molar-refractivity contribution in [1.82, 2.24) is 10.2 Å². The van der Waals surface area contributed by atoms with Crippen LogP contribution in [0.5, 0.6) is 0 Å². The minimum atomic E-state index is -0.640. The lowest BCUT2D eigenvalue weighted by atomic mass is 9.92. The SMILES string of the molecule is Cl.O=C(Cc1c(F)cccc1F)N1CC[C@@H]2CNC[C@@H]2CC1. The van der Waals surface area contributed by atoms with Gasteiger partial charge < -0.3 is 10.2 Å². The maximum atomic E-state index is 13.6. The summed E-state index contributed by atoms with van der Waals surface area (Å²) < 4.78 is 27.3. The van der Waals surface area contributed by atoms with Crippen molar-refractivity contribution in [2.45, 2.75) is 19.3 Å². The number of carbonyl (C=O) groups is 1. The molecule has 2 saturated heterocycles. The van der Waals surface area contributed by atoms with Gasteiger partial charge in [0, 0.05) is 18.7 Å². The Labute approximate surface area is 135 Å². The van der Waals surface area contributed by atoms with Gasteiger partial charge in [-0.25, -0.2) is 8.78 Å². The maximum absolute atomic E-state index is 13.6. The summed E-state index contributed by atoms with van der Waals surface area (Å²) in [7, 11) is 0. The Kier molecular flexibility index (Phi) is 5.75. The second-order valence-corrected chi connectivity index (χ2v) is 6.01. The molecule has 0 saturated carbocycles. The van der Waals surface area contributed by atoms with Crippen LogP contribution in [0.3, 0.4) is 0 Å². The number of nitrogens with zero attached hydrogens (tertiary/aromatic N) is 1. The first-order chi connectivity index (χ1) is 10.1. The summed E-state index contributed by atoms with van der Waals surface area (Å²) in [6.07, 6.45) is 1.76. The van der Waals surface area contributed by atoms with Crippen LogP contribution >= 0.6 is 12.4 Å². The van der Waals surface area contributed by atoms with E-state index in [0.29, 0.717) is 24.9 Å². The predicted octanol–water partition coefficient (Wildman–Crippen LogP) is 2.39. The van der Waals surface area contributed by atoms with E-state index >= 15 is 0 Å². The van der Waals surface area contributed by atoms with Crippen LogP contribution in [-0.2, 0) is 11.2 Å². The lowest BCUT2D eigenvalue weighted by Crippen LogP contribution is -2.34. The van der Waals surface area contributed by atoms with E-state index in [9.17, 15) is 13.6 Å². The van der Waals surface area contributed by atoms with Crippen molar-refractivity contribution in [3.8, 4) is 0 Å². The van der Waals surface area contributed by atoms with Crippen LogP contribution in [0.2, 0.25) is 0 Å². The molecule has 2 heterocycles. The first-order valence-corrected chi connectivity index (χ1v) is 7.56. The topological polar surface area (TPSA) is 32.3 Å². The van der Waals surface area contributed by atoms with Crippen LogP contribution < -0.4 is 5.32 Å². The zero-order chi connectivity index (χ0) is 14.8. The number of carbonyl (C=O) groups excluding carboxylic acids is 1. The van der Waals surface area contributed by atoms with Gasteiger partial charge in [0.15, 0.2) is 0 Å². The highest BCUT2D eigenvalue weighted by atomic mass is 35.5. The van der Waals surface area contributed by atoms with Crippen LogP contribution in [0.25, 0.3) is 0 Å². The average molecular weight is 331 g/mol. The number of fused-ring (bicyclic) bond motifs is 1. The van der Waals surface area contributed by atoms with Crippen molar-refractivity contribution in [2.24, 2.45) is 11.8 Å². The van der Waals surface area contributed by atoms with Crippen LogP contribution in [0.15, 0.2) is 18.2 Å². The van der Waals surface area contributed by atoms with Crippen molar-refractivity contribution in [2.75, 3.05) is 26.2 Å². The second-order valence-electron chi connectivity index (χ2n) is 6.01. The molecule has 0 spiro atoms. The summed E-state index contributed by atoms with van der Waals surface area (Å²) in [5, 5.41) is 3.39. The zero-order valence-corrected chi connectivity index (χ0v) is 13.2. The molecular weight excluding hydrogens is 310 g/mol. The summed E-state index contributed by atoms with van der Waals surface area (Å²) in [6, 6.07) is 3.72. The minimum Gasteiger partial charge on any atom is -0.342 e. The van der Waals surface area contributed by atoms with Gasteiger partial charge in [0.05, 0.1) is 6.42 Å². The van der Waals surface area contributed by atoms with Gasteiger partial charge >= 0.3 is 0 Å². The fourth-order valence-corrected chi connectivity index (χ4v) is 3.43. The molecule has 2 aliphatic heterocycles. The summed E-state index contributed by atoms with van der Waals surface area (Å²) in [6.45, 7) is 3.43. The molecule has 2 atom stereocenters. The molecule has 0 aromatic heterocycles. The minimum absolute atomic E-state index is 0. The summed E-state index contributed by atoms with van der Waals surface area (Å²) >= 11 is 0. The van der Waals surface area contributed by atoms with E-state index < -0.39 is 11.6 Å². The predicted molar refractivity (Wildman–Crippen MR) is 83.0 cm³/mol. The number of hydrogen-bond donors (Lipinski definition) is 1. The largest absolute Gasteiger partial charge is 0.342 e. The molecule has 1 amide bonds. The van der Waals surface area contributed by atoms with Gasteiger partial charge in [0.25, 0.3) is 0 Å². The number of benzene rings is 1. The Morgan fingerprint density at radius 2 is 1.68 bits per heavy atom. The Bertz CT molecular complexity index is 507. The van der Waals surface area contributed by atoms with Crippen LogP contribution in [-0.4, -0.2) is 37.0 Å². The number of nitrogens with one attached hydrogen (secondary N) is 1. The molecule has 0 bridgehead atoms. The van der Waals surface area contributed by atoms with E-state index in [0.717, 1.165) is 25.9 Å². The summed E-state index contributed by atoms with van der Waals surface area (Å²) in [5.41, 5.74) is -0.117. The first-order valence-electron chi connectivity index (χ1n) is 7.56. The third kappa shape index (κ3) is 3.58. The Morgan fingerprint density at radius 1 is 1.14 bits per heavy atom. The van der Waals surface area contributed by atoms with Gasteiger partial charge in [-0.1, -0.05) is 6.07 Å². The van der Waals surface area contributed by atoms with Gasteiger partial charge in [-0.3, -0.25) is 4.79 Å². The lowest BCUT2D eigenvalue weighted by molar-refractivity contribution is -0.130. The van der Waals surface area contributed by atoms with Crippen LogP contribution in [0.1, 0.15) is 18.4 Å². The fraction of sp³-hybridized carbons (Fsp3) is 0.562. The molecule has 1 N–H and O–H groups in total. The standard InChI is InChI=1S/C16H20F2N2O.ClH/c17-14-2-1-3-15(18)13(14)8-16(21)20-6-4-11-9-19-10-12(11)5-7-20;/h1-3,11-12,19H,4-10H2;1H/t11-,12+;. The second kappa shape index (κ2) is 7.38. The molecule has 122 valence electrons. The van der Waals surface area contributed by atoms with E-state index in [1.165, 1.54) is 18.2 Å². The van der Waals surface area contributed by atoms with E-state index in [2.05, 4.69) is 5.32 Å². The van der Waals surface area contributed by atoms with Crippen molar-refractivity contribution in [1.29, 1.82) is 0 Å². The van der Waals surface area contributed by atoms with Crippen LogP contribution in [0.4, 0.5) is 8.78 Å². The van der Waals surface area contributed by atoms with Gasteiger partial charge in [-0.15, -0.1) is 12.4 Å². The average Bonchev–Trinajstić information content (AvgIpc) is 2.81. The molecule has 6 heteroatoms. The number of likely N-dealkylation sites (tertiary alicyclic amines) is 1. The molecule has 2 fully saturated rings. The molecule has 3 rings (SSSR count). The smallest absolute Gasteiger partial charge is 0.227 e. The van der Waals surface area contributed by atoms with Crippen LogP contribution in [0, 0.1) is 23.5 Å². The molecule has 0 unspecified atom stereocenters. The van der Waals surface area contributed by atoms with E-state index in [1.807, 2.05) is 0 Å². The molecule has 3 nitrogen and oxygen atoms in total. The zero-order valence-electron chi connectivity index (χ0n) is 12.4. The molecule has 22 heavy (non-hydrogen) atoms. The molecule has 1 aromatic carbocycles. The normalized spacial score (nSPS) is 24.4. The molecule has 2 aliphatic rings. The highest BCUT2D eigenvalue weighted by Crippen LogP contribution is 2.27. The Balaban J connectivity index is 0.00000176. The number of hydrogen-bond acceptors (Lipinski definition) is 2. The molecule has 0 radical (unpaired) electrons. The van der Waals surface area contributed by atoms with E-state index in [-0.39, 0.29) is 30.3 Å². The number of halogens is 3. The summed E-state index contributed by atoms with van der Waals surface area (Å²) in [5.74, 6) is -0.189. The molecule has 0 aliphatic carbocycles. The van der Waals surface area contributed by atoms with E-state index in [4.69, 9.17) is 0 Å². The fourth-order valence-electron chi connectivity index (χ4n) is 3.43. The van der Waals surface area contributed by atoms with E-state index in [1.54, 1.807) is 4.90 Å². The molecular formula is C16H21ClF2N2O. The summed E-state index contributed by atoms with van der Waals surface area (Å²) in [4.78, 5) is 14.1. The van der Waals surface area contributed by atoms with Crippen molar-refractivity contribution >= 4 is 18.3 Å². The van der Waals surface area contributed by atoms with Gasteiger partial charge in [0.2, 0.25) is 5.91 Å². The number of rotatable bonds is 2. The third-order valence-electron chi connectivity index (χ3n) is 4.76. The van der Waals surface area contributed by atoms with Gasteiger partial charge in [-0.05, 0) is 49.9 Å². The Morgan fingerprint density at radius 3 is 2.23 bits per heavy atom. The molecule has 1 aromatic rings. The highest BCUT2D eigenvalue weighted by Gasteiger charge is 2.31. The quantitative estimate of drug-likeness (QED) is 0.903. The van der Waals surface area contributed by atoms with Crippen molar-refractivity contribution in [3.05, 3.63) is 35.4 Å². The number of amides is 1. The van der Waals surface area contributed by atoms with Gasteiger partial charge in [0.1, 0.15) is 11.6 Å². The lowest BCUT2D eigenvalue weighted by Gasteiger charge is -2.21. The van der Waals surface area contributed by atoms with Gasteiger partial charge in [-0.2, -0.15) is 0 Å². The highest BCUT2D eigenvalue weighted by molar-refractivity contribution is 5.85. The van der Waals surface area contributed by atoms with Crippen molar-refractivity contribution in [3.63, 3.8) is 0 Å². The third-order valence-corrected chi connectivity index (χ3v) is 4.76. The Hall–Kier alpha value is -1.20. The maximum Gasteiger partial charge on any atom is 0.227 e. The monoisotopic (exact) mass is 330 g/mol. The van der Waals surface area contributed by atoms with Crippen molar-refractivity contribution < 1.29 is 13.6 Å².